The summed E-state index contributed by atoms with van der Waals surface area (Å²) in [6.07, 6.45) is 4.57. The van der Waals surface area contributed by atoms with Crippen molar-refractivity contribution in [3.05, 3.63) is 24.5 Å². The molecule has 0 radical (unpaired) electrons. The van der Waals surface area contributed by atoms with Crippen LogP contribution in [0.15, 0.2) is 28.9 Å². The minimum absolute atomic E-state index is 0.0116. The third-order valence-corrected chi connectivity index (χ3v) is 5.94. The molecule has 1 fully saturated rings. The number of aromatic nitrogens is 5. The summed E-state index contributed by atoms with van der Waals surface area (Å²) < 4.78 is 19.0. The van der Waals surface area contributed by atoms with Gasteiger partial charge in [-0.15, -0.1) is 0 Å². The number of nitrogens with two attached hydrogens (primary N) is 2. The molecule has 0 spiro atoms. The van der Waals surface area contributed by atoms with Crippen molar-refractivity contribution >= 4 is 34.0 Å². The van der Waals surface area contributed by atoms with Crippen LogP contribution in [-0.2, 0) is 16.2 Å². The lowest BCUT2D eigenvalue weighted by Gasteiger charge is -2.33. The van der Waals surface area contributed by atoms with Crippen LogP contribution in [-0.4, -0.2) is 44.1 Å². The standard InChI is InChI=1S/C21H25N7O3/c1-11-3-5-15(16(7-11)29-2)30-10-28-20-17(19(22)24-9-25-20)18(27-28)12-4-6-14-13(8-12)26-21(23)31-14/h4,6,8-9,11,15-16H,3,5,7,10H2,1-2H3,(H2,23,26)(H2,22,24,25)/t11-,15-,16-/m1/s1. The Labute approximate surface area is 178 Å². The van der Waals surface area contributed by atoms with Crippen molar-refractivity contribution in [1.82, 2.24) is 24.7 Å². The highest BCUT2D eigenvalue weighted by molar-refractivity contribution is 5.99. The summed E-state index contributed by atoms with van der Waals surface area (Å²) >= 11 is 0. The van der Waals surface area contributed by atoms with E-state index in [0.717, 1.165) is 24.8 Å². The van der Waals surface area contributed by atoms with E-state index in [1.54, 1.807) is 11.8 Å². The molecule has 1 aromatic carbocycles. The Balaban J connectivity index is 1.50. The second kappa shape index (κ2) is 7.78. The Morgan fingerprint density at radius 1 is 1.19 bits per heavy atom. The van der Waals surface area contributed by atoms with E-state index in [1.807, 2.05) is 18.2 Å². The highest BCUT2D eigenvalue weighted by Gasteiger charge is 2.30. The molecule has 4 aromatic rings. The number of benzene rings is 1. The van der Waals surface area contributed by atoms with Crippen molar-refractivity contribution in [3.63, 3.8) is 0 Å². The van der Waals surface area contributed by atoms with Crippen molar-refractivity contribution in [2.75, 3.05) is 18.6 Å². The van der Waals surface area contributed by atoms with E-state index in [0.29, 0.717) is 39.6 Å². The molecule has 3 atom stereocenters. The van der Waals surface area contributed by atoms with E-state index in [9.17, 15) is 0 Å². The number of ether oxygens (including phenoxy) is 2. The molecule has 10 heteroatoms. The van der Waals surface area contributed by atoms with Gasteiger partial charge < -0.3 is 25.4 Å². The van der Waals surface area contributed by atoms with Crippen LogP contribution in [0.5, 0.6) is 0 Å². The van der Waals surface area contributed by atoms with Crippen LogP contribution in [0.2, 0.25) is 0 Å². The molecule has 162 valence electrons. The van der Waals surface area contributed by atoms with E-state index < -0.39 is 0 Å². The second-order valence-electron chi connectivity index (χ2n) is 8.07. The third-order valence-electron chi connectivity index (χ3n) is 5.94. The first kappa shape index (κ1) is 19.7. The van der Waals surface area contributed by atoms with Gasteiger partial charge in [0.05, 0.1) is 17.6 Å². The Bertz CT molecular complexity index is 1230. The molecule has 0 unspecified atom stereocenters. The van der Waals surface area contributed by atoms with Crippen LogP contribution >= 0.6 is 0 Å². The van der Waals surface area contributed by atoms with Gasteiger partial charge in [0, 0.05) is 12.7 Å². The third kappa shape index (κ3) is 3.57. The zero-order chi connectivity index (χ0) is 21.5. The Morgan fingerprint density at radius 2 is 2.06 bits per heavy atom. The van der Waals surface area contributed by atoms with Crippen molar-refractivity contribution in [2.24, 2.45) is 5.92 Å². The SMILES string of the molecule is CO[C@@H]1C[C@H](C)CC[C@H]1OCn1nc(-c2ccc3oc(N)nc3c2)c2c(N)ncnc21. The van der Waals surface area contributed by atoms with Gasteiger partial charge >= 0.3 is 0 Å². The molecule has 3 heterocycles. The number of nitrogens with zero attached hydrogens (tertiary/aromatic N) is 5. The minimum Gasteiger partial charge on any atom is -0.424 e. The van der Waals surface area contributed by atoms with Crippen LogP contribution in [0.25, 0.3) is 33.4 Å². The molecule has 3 aromatic heterocycles. The maximum Gasteiger partial charge on any atom is 0.292 e. The van der Waals surface area contributed by atoms with E-state index in [2.05, 4.69) is 21.9 Å². The Kier molecular flexibility index (Phi) is 4.95. The molecule has 0 bridgehead atoms. The predicted octanol–water partition coefficient (Wildman–Crippen LogP) is 2.98. The zero-order valence-corrected chi connectivity index (χ0v) is 17.5. The van der Waals surface area contributed by atoms with Gasteiger partial charge in [0.25, 0.3) is 6.01 Å². The quantitative estimate of drug-likeness (QED) is 0.495. The molecule has 31 heavy (non-hydrogen) atoms. The van der Waals surface area contributed by atoms with Gasteiger partial charge in [-0.2, -0.15) is 10.1 Å². The Hall–Kier alpha value is -3.24. The molecule has 1 saturated carbocycles. The number of anilines is 2. The Morgan fingerprint density at radius 3 is 2.90 bits per heavy atom. The minimum atomic E-state index is 0.0116. The van der Waals surface area contributed by atoms with Gasteiger partial charge in [-0.25, -0.2) is 14.6 Å². The monoisotopic (exact) mass is 423 g/mol. The summed E-state index contributed by atoms with van der Waals surface area (Å²) in [4.78, 5) is 12.8. The lowest BCUT2D eigenvalue weighted by molar-refractivity contribution is -0.107. The van der Waals surface area contributed by atoms with Crippen molar-refractivity contribution < 1.29 is 13.9 Å². The largest absolute Gasteiger partial charge is 0.424 e. The summed E-state index contributed by atoms with van der Waals surface area (Å²) in [6, 6.07) is 5.67. The summed E-state index contributed by atoms with van der Waals surface area (Å²) in [5.74, 6) is 0.988. The molecule has 10 nitrogen and oxygen atoms in total. The maximum atomic E-state index is 6.22. The molecule has 1 aliphatic rings. The van der Waals surface area contributed by atoms with E-state index in [-0.39, 0.29) is 25.0 Å². The lowest BCUT2D eigenvalue weighted by atomic mass is 9.86. The fraction of sp³-hybridized carbons (Fsp3) is 0.429. The number of hydrogen-bond acceptors (Lipinski definition) is 9. The molecule has 0 amide bonds. The molecule has 0 aliphatic heterocycles. The van der Waals surface area contributed by atoms with Crippen LogP contribution in [0.1, 0.15) is 26.2 Å². The van der Waals surface area contributed by atoms with Gasteiger partial charge in [0.15, 0.2) is 11.2 Å². The van der Waals surface area contributed by atoms with E-state index in [4.69, 9.17) is 30.5 Å². The molecule has 0 saturated heterocycles. The summed E-state index contributed by atoms with van der Waals surface area (Å²) in [5, 5.41) is 5.43. The highest BCUT2D eigenvalue weighted by atomic mass is 16.5. The first-order valence-corrected chi connectivity index (χ1v) is 10.3. The van der Waals surface area contributed by atoms with Crippen molar-refractivity contribution in [3.8, 4) is 11.3 Å². The number of rotatable bonds is 5. The van der Waals surface area contributed by atoms with Gasteiger partial charge in [-0.05, 0) is 43.4 Å². The number of nitrogen functional groups attached to an aromatic ring is 2. The van der Waals surface area contributed by atoms with Crippen LogP contribution in [0, 0.1) is 5.92 Å². The van der Waals surface area contributed by atoms with Crippen LogP contribution < -0.4 is 11.5 Å². The van der Waals surface area contributed by atoms with Crippen LogP contribution in [0.3, 0.4) is 0 Å². The van der Waals surface area contributed by atoms with Gasteiger partial charge in [0.1, 0.15) is 30.1 Å². The van der Waals surface area contributed by atoms with E-state index >= 15 is 0 Å². The second-order valence-corrected chi connectivity index (χ2v) is 8.07. The average molecular weight is 423 g/mol. The first-order chi connectivity index (χ1) is 15.0. The van der Waals surface area contributed by atoms with Crippen molar-refractivity contribution in [2.45, 2.75) is 45.1 Å². The first-order valence-electron chi connectivity index (χ1n) is 10.3. The summed E-state index contributed by atoms with van der Waals surface area (Å²) in [5.41, 5.74) is 15.2. The summed E-state index contributed by atoms with van der Waals surface area (Å²) in [6.45, 7) is 2.49. The van der Waals surface area contributed by atoms with Gasteiger partial charge in [-0.1, -0.05) is 6.92 Å². The van der Waals surface area contributed by atoms with Crippen molar-refractivity contribution in [1.29, 1.82) is 0 Å². The fourth-order valence-electron chi connectivity index (χ4n) is 4.32. The maximum absolute atomic E-state index is 6.22. The number of methoxy groups -OCH3 is 1. The number of oxazole rings is 1. The van der Waals surface area contributed by atoms with E-state index in [1.165, 1.54) is 6.33 Å². The number of fused-ring (bicyclic) bond motifs is 2. The fourth-order valence-corrected chi connectivity index (χ4v) is 4.32. The van der Waals surface area contributed by atoms with Gasteiger partial charge in [-0.3, -0.25) is 0 Å². The molecule has 1 aliphatic carbocycles. The molecular formula is C21H25N7O3. The smallest absolute Gasteiger partial charge is 0.292 e. The zero-order valence-electron chi connectivity index (χ0n) is 17.5. The molecule has 4 N–H and O–H groups in total. The molecule has 5 rings (SSSR count). The normalized spacial score (nSPS) is 21.8. The summed E-state index contributed by atoms with van der Waals surface area (Å²) in [7, 11) is 1.74. The highest BCUT2D eigenvalue weighted by Crippen LogP contribution is 2.33. The molecular weight excluding hydrogens is 398 g/mol. The predicted molar refractivity (Wildman–Crippen MR) is 116 cm³/mol. The van der Waals surface area contributed by atoms with Gasteiger partial charge in [0.2, 0.25) is 0 Å². The van der Waals surface area contributed by atoms with Crippen LogP contribution in [0.4, 0.5) is 11.8 Å². The number of hydrogen-bond donors (Lipinski definition) is 2. The topological polar surface area (TPSA) is 140 Å². The average Bonchev–Trinajstić information content (AvgIpc) is 3.32. The lowest BCUT2D eigenvalue weighted by Crippen LogP contribution is -2.37.